The van der Waals surface area contributed by atoms with Gasteiger partial charge in [0.25, 0.3) is 0 Å². The van der Waals surface area contributed by atoms with Gasteiger partial charge < -0.3 is 0 Å². The molecule has 0 amide bonds. The van der Waals surface area contributed by atoms with Gasteiger partial charge in [-0.25, -0.2) is 0 Å². The summed E-state index contributed by atoms with van der Waals surface area (Å²) in [6.45, 7) is 3.91. The predicted octanol–water partition coefficient (Wildman–Crippen LogP) is 2.50. The van der Waals surface area contributed by atoms with Gasteiger partial charge in [0, 0.05) is 17.1 Å². The maximum Gasteiger partial charge on any atom is 0 e. The molecule has 0 heterocycles. The molecule has 0 aromatic rings. The van der Waals surface area contributed by atoms with E-state index in [0.717, 1.165) is 0 Å². The van der Waals surface area contributed by atoms with E-state index in [0.29, 0.717) is 0 Å². The van der Waals surface area contributed by atoms with Crippen molar-refractivity contribution in [2.45, 2.75) is 32.1 Å². The second kappa shape index (κ2) is 4.17. The van der Waals surface area contributed by atoms with Crippen LogP contribution in [0.4, 0.5) is 0 Å². The second-order valence-corrected chi connectivity index (χ2v) is 2.31. The normalized spacial score (nSPS) is 19.8. The van der Waals surface area contributed by atoms with Gasteiger partial charge >= 0.3 is 0 Å². The van der Waals surface area contributed by atoms with Crippen LogP contribution >= 0.6 is 0 Å². The van der Waals surface area contributed by atoms with Crippen LogP contribution in [0.25, 0.3) is 0 Å². The third-order valence-electron chi connectivity index (χ3n) is 1.56. The van der Waals surface area contributed by atoms with Gasteiger partial charge in [-0.2, -0.15) is 0 Å². The number of hydrogen-bond acceptors (Lipinski definition) is 0. The Kier molecular flexibility index (Phi) is 4.30. The Hall–Kier alpha value is 0.259. The minimum absolute atomic E-state index is 0. The molecule has 51 valence electrons. The monoisotopic (exact) mass is 159 g/mol. The van der Waals surface area contributed by atoms with Crippen LogP contribution < -0.4 is 0 Å². The van der Waals surface area contributed by atoms with E-state index < -0.39 is 0 Å². The molecule has 8 heavy (non-hydrogen) atoms. The van der Waals surface area contributed by atoms with Crippen molar-refractivity contribution in [3.05, 3.63) is 12.2 Å². The van der Waals surface area contributed by atoms with Crippen molar-refractivity contribution in [3.63, 3.8) is 0 Å². The van der Waals surface area contributed by atoms with Crippen LogP contribution in [0.15, 0.2) is 12.2 Å². The fourth-order valence-corrected chi connectivity index (χ4v) is 1.05. The molecule has 0 N–H and O–H groups in total. The third-order valence-corrected chi connectivity index (χ3v) is 1.56. The molecule has 1 saturated carbocycles. The van der Waals surface area contributed by atoms with Crippen LogP contribution in [0.5, 0.6) is 0 Å². The number of hydrogen-bond donors (Lipinski definition) is 0. The number of rotatable bonds is 0. The molecule has 1 fully saturated rings. The van der Waals surface area contributed by atoms with Crippen molar-refractivity contribution in [1.82, 2.24) is 0 Å². The first-order valence-corrected chi connectivity index (χ1v) is 3.06. The zero-order valence-corrected chi connectivity index (χ0v) is 5.99. The zero-order valence-electron chi connectivity index (χ0n) is 5.04. The maximum absolute atomic E-state index is 3.91. The topological polar surface area (TPSA) is 0 Å². The van der Waals surface area contributed by atoms with Crippen LogP contribution in [0.3, 0.4) is 0 Å². The first kappa shape index (κ1) is 8.26. The summed E-state index contributed by atoms with van der Waals surface area (Å²) in [5.41, 5.74) is 1.46. The summed E-state index contributed by atoms with van der Waals surface area (Å²) >= 11 is 0. The van der Waals surface area contributed by atoms with E-state index in [4.69, 9.17) is 0 Å². The van der Waals surface area contributed by atoms with Gasteiger partial charge in [0.05, 0.1) is 0 Å². The summed E-state index contributed by atoms with van der Waals surface area (Å²) in [7, 11) is 0. The van der Waals surface area contributed by atoms with E-state index in [-0.39, 0.29) is 17.1 Å². The van der Waals surface area contributed by atoms with Crippen molar-refractivity contribution < 1.29 is 17.1 Å². The van der Waals surface area contributed by atoms with Gasteiger partial charge in [0.15, 0.2) is 0 Å². The standard InChI is InChI=1S/C7H12.Cu/c1-7-5-3-2-4-6-7;/h1-6H2;. The molecule has 0 aromatic heterocycles. The Bertz CT molecular complexity index is 68.5. The molecule has 1 aliphatic carbocycles. The molecule has 0 spiro atoms. The molecule has 0 nitrogen and oxygen atoms in total. The molecule has 1 aliphatic rings. The van der Waals surface area contributed by atoms with Gasteiger partial charge in [0.1, 0.15) is 0 Å². The van der Waals surface area contributed by atoms with Gasteiger partial charge in [-0.1, -0.05) is 18.6 Å². The SMILES string of the molecule is C=C1CCCCC1.[Cu]. The summed E-state index contributed by atoms with van der Waals surface area (Å²) in [5.74, 6) is 0. The molecule has 0 aromatic carbocycles. The van der Waals surface area contributed by atoms with Crippen molar-refractivity contribution in [1.29, 1.82) is 0 Å². The van der Waals surface area contributed by atoms with Crippen molar-refractivity contribution in [3.8, 4) is 0 Å². The van der Waals surface area contributed by atoms with E-state index in [1.54, 1.807) is 0 Å². The van der Waals surface area contributed by atoms with Crippen LogP contribution in [0, 0.1) is 0 Å². The quantitative estimate of drug-likeness (QED) is 0.377. The fourth-order valence-electron chi connectivity index (χ4n) is 1.05. The third kappa shape index (κ3) is 2.54. The van der Waals surface area contributed by atoms with Crippen LogP contribution in [-0.4, -0.2) is 0 Å². The van der Waals surface area contributed by atoms with E-state index in [1.807, 2.05) is 0 Å². The first-order chi connectivity index (χ1) is 3.39. The molecular formula is C7H12Cu. The molecule has 0 unspecified atom stereocenters. The summed E-state index contributed by atoms with van der Waals surface area (Å²) < 4.78 is 0. The maximum atomic E-state index is 3.91. The Morgan fingerprint density at radius 2 is 1.50 bits per heavy atom. The van der Waals surface area contributed by atoms with Crippen LogP contribution in [0.2, 0.25) is 0 Å². The average molecular weight is 160 g/mol. The average Bonchev–Trinajstić information content (AvgIpc) is 1.69. The molecule has 1 rings (SSSR count). The smallest absolute Gasteiger partial charge is 0 e. The molecule has 0 atom stereocenters. The summed E-state index contributed by atoms with van der Waals surface area (Å²) in [4.78, 5) is 0. The van der Waals surface area contributed by atoms with Crippen LogP contribution in [0.1, 0.15) is 32.1 Å². The summed E-state index contributed by atoms with van der Waals surface area (Å²) in [5, 5.41) is 0. The summed E-state index contributed by atoms with van der Waals surface area (Å²) in [6, 6.07) is 0. The first-order valence-electron chi connectivity index (χ1n) is 3.06. The number of allylic oxidation sites excluding steroid dienone is 1. The Morgan fingerprint density at radius 3 is 1.75 bits per heavy atom. The van der Waals surface area contributed by atoms with E-state index in [1.165, 1.54) is 37.7 Å². The van der Waals surface area contributed by atoms with Gasteiger partial charge in [-0.05, 0) is 25.7 Å². The molecule has 0 saturated heterocycles. The molecular weight excluding hydrogens is 148 g/mol. The molecule has 1 radical (unpaired) electrons. The van der Waals surface area contributed by atoms with E-state index >= 15 is 0 Å². The van der Waals surface area contributed by atoms with Gasteiger partial charge in [0.2, 0.25) is 0 Å². The Balaban J connectivity index is 0.000000490. The molecule has 1 heteroatoms. The fraction of sp³-hybridized carbons (Fsp3) is 0.714. The van der Waals surface area contributed by atoms with Gasteiger partial charge in [-0.15, -0.1) is 0 Å². The predicted molar refractivity (Wildman–Crippen MR) is 32.2 cm³/mol. The van der Waals surface area contributed by atoms with Gasteiger partial charge in [-0.3, -0.25) is 0 Å². The van der Waals surface area contributed by atoms with E-state index in [2.05, 4.69) is 6.58 Å². The van der Waals surface area contributed by atoms with E-state index in [9.17, 15) is 0 Å². The zero-order chi connectivity index (χ0) is 5.11. The van der Waals surface area contributed by atoms with Crippen molar-refractivity contribution >= 4 is 0 Å². The minimum atomic E-state index is 0. The molecule has 0 aliphatic heterocycles. The molecule has 0 bridgehead atoms. The minimum Gasteiger partial charge on any atom is -0.0999 e. The second-order valence-electron chi connectivity index (χ2n) is 2.31. The summed E-state index contributed by atoms with van der Waals surface area (Å²) in [6.07, 6.45) is 6.79. The largest absolute Gasteiger partial charge is 0.0999 e. The van der Waals surface area contributed by atoms with Crippen LogP contribution in [-0.2, 0) is 17.1 Å². The Morgan fingerprint density at radius 1 is 1.00 bits per heavy atom. The van der Waals surface area contributed by atoms with Crippen molar-refractivity contribution in [2.75, 3.05) is 0 Å². The Labute approximate surface area is 61.8 Å². The van der Waals surface area contributed by atoms with Crippen molar-refractivity contribution in [2.24, 2.45) is 0 Å².